The van der Waals surface area contributed by atoms with Gasteiger partial charge in [-0.1, -0.05) is 40.0 Å². The summed E-state index contributed by atoms with van der Waals surface area (Å²) in [6.07, 6.45) is -0.426. The molecule has 2 aromatic rings. The number of rotatable bonds is 18. The van der Waals surface area contributed by atoms with Gasteiger partial charge in [-0.25, -0.2) is 9.97 Å². The molecule has 13 nitrogen and oxygen atoms in total. The van der Waals surface area contributed by atoms with Crippen molar-refractivity contribution in [3.05, 3.63) is 32.2 Å². The van der Waals surface area contributed by atoms with E-state index in [9.17, 15) is 42.3 Å². The van der Waals surface area contributed by atoms with E-state index < -0.39 is 59.9 Å². The number of thiazole rings is 2. The van der Waals surface area contributed by atoms with E-state index in [2.05, 4.69) is 20.6 Å². The van der Waals surface area contributed by atoms with Gasteiger partial charge in [0.05, 0.1) is 17.0 Å². The minimum Gasteiger partial charge on any atom is -0.481 e. The number of carboxylic acid groups (broad SMARTS) is 1. The number of hydrogen-bond donors (Lipinski definition) is 3. The van der Waals surface area contributed by atoms with Crippen LogP contribution in [0.2, 0.25) is 0 Å². The topological polar surface area (TPSA) is 171 Å². The second kappa shape index (κ2) is 18.8. The van der Waals surface area contributed by atoms with Gasteiger partial charge < -0.3 is 25.4 Å². The number of carbonyl (C=O) groups is 5. The van der Waals surface area contributed by atoms with E-state index in [1.807, 2.05) is 25.8 Å². The van der Waals surface area contributed by atoms with Crippen LogP contribution in [0.5, 0.6) is 0 Å². The molecule has 3 N–H and O–H groups in total. The second-order valence-corrected chi connectivity index (χ2v) is 16.7. The molecule has 0 aromatic carbocycles. The highest BCUT2D eigenvalue weighted by atomic mass is 32.1. The molecule has 1 saturated heterocycles. The number of likely N-dealkylation sites (tertiary alicyclic amines) is 1. The summed E-state index contributed by atoms with van der Waals surface area (Å²) in [6, 6.07) is -2.34. The number of aromatic nitrogens is 2. The van der Waals surface area contributed by atoms with Crippen LogP contribution in [0.15, 0.2) is 10.8 Å². The van der Waals surface area contributed by atoms with Gasteiger partial charge in [-0.05, 0) is 51.1 Å². The number of halogens is 3. The van der Waals surface area contributed by atoms with Crippen LogP contribution in [0, 0.1) is 17.8 Å². The van der Waals surface area contributed by atoms with Gasteiger partial charge in [-0.2, -0.15) is 13.2 Å². The standard InChI is InChI=1S/C36H51F3N6O7S2/c1-19(2)27(45(6)34(49)24(14-22-10-11-22)41-32(48)26-9-7-8-12-44(26)5)16-28(52-21(4)46)33-42-25(17-54-33)31(47)40-23(13-20(3)35(50)51)15-30-43-29(18-53-30)36(37,38)39/h17-20,22-24,26-28H,7-16H2,1-6H3,(H,40,47)(H,41,48)(H,50,51)/t20-,23+,24-,26+,27+,28+/m0/s1. The number of aliphatic carboxylic acids is 1. The average Bonchev–Trinajstić information content (AvgIpc) is 3.53. The zero-order chi connectivity index (χ0) is 39.9. The summed E-state index contributed by atoms with van der Waals surface area (Å²) in [5, 5.41) is 17.9. The quantitative estimate of drug-likeness (QED) is 0.168. The molecule has 2 aliphatic rings. The van der Waals surface area contributed by atoms with Crippen molar-refractivity contribution >= 4 is 52.3 Å². The SMILES string of the molecule is CC(=O)O[C@H](C[C@H](C(C)C)N(C)C(=O)[C@H](CC1CC1)NC(=O)[C@H]1CCCCN1C)c1nc(C(=O)N[C@@H](Cc2nc(C(F)(F)F)cs2)C[C@H](C)C(=O)O)cs1. The van der Waals surface area contributed by atoms with Crippen molar-refractivity contribution in [1.82, 2.24) is 30.4 Å². The largest absolute Gasteiger partial charge is 0.481 e. The number of hydrogen-bond acceptors (Lipinski definition) is 11. The molecule has 4 rings (SSSR count). The number of carbonyl (C=O) groups excluding carboxylic acids is 4. The molecule has 1 aliphatic heterocycles. The summed E-state index contributed by atoms with van der Waals surface area (Å²) in [5.41, 5.74) is -1.12. The van der Waals surface area contributed by atoms with Gasteiger partial charge in [-0.15, -0.1) is 22.7 Å². The first kappa shape index (κ1) is 43.1. The van der Waals surface area contributed by atoms with Gasteiger partial charge in [0.1, 0.15) is 16.7 Å². The number of alkyl halides is 3. The first-order chi connectivity index (χ1) is 25.3. The van der Waals surface area contributed by atoms with Gasteiger partial charge in [0.25, 0.3) is 5.91 Å². The number of carboxylic acids is 1. The van der Waals surface area contributed by atoms with Crippen LogP contribution in [0.25, 0.3) is 0 Å². The molecule has 3 amide bonds. The highest BCUT2D eigenvalue weighted by Crippen LogP contribution is 2.35. The lowest BCUT2D eigenvalue weighted by Crippen LogP contribution is -2.56. The first-order valence-corrected chi connectivity index (χ1v) is 20.0. The van der Waals surface area contributed by atoms with Crippen LogP contribution in [0.1, 0.15) is 111 Å². The fourth-order valence-corrected chi connectivity index (χ4v) is 8.48. The predicted molar refractivity (Wildman–Crippen MR) is 196 cm³/mol. The van der Waals surface area contributed by atoms with Gasteiger partial charge >= 0.3 is 18.1 Å². The van der Waals surface area contributed by atoms with Crippen LogP contribution < -0.4 is 10.6 Å². The monoisotopic (exact) mass is 800 g/mol. The fraction of sp³-hybridized carbons (Fsp3) is 0.694. The lowest BCUT2D eigenvalue weighted by molar-refractivity contribution is -0.149. The van der Waals surface area contributed by atoms with Crippen molar-refractivity contribution in [3.63, 3.8) is 0 Å². The van der Waals surface area contributed by atoms with Gasteiger partial charge in [-0.3, -0.25) is 28.9 Å². The maximum Gasteiger partial charge on any atom is 0.434 e. The van der Waals surface area contributed by atoms with E-state index >= 15 is 0 Å². The number of piperidine rings is 1. The van der Waals surface area contributed by atoms with E-state index in [4.69, 9.17) is 4.74 Å². The van der Waals surface area contributed by atoms with Crippen LogP contribution in [0.4, 0.5) is 13.2 Å². The van der Waals surface area contributed by atoms with Gasteiger partial charge in [0.15, 0.2) is 11.8 Å². The third kappa shape index (κ3) is 12.2. The van der Waals surface area contributed by atoms with E-state index in [1.54, 1.807) is 11.9 Å². The van der Waals surface area contributed by atoms with Gasteiger partial charge in [0.2, 0.25) is 11.8 Å². The van der Waals surface area contributed by atoms with E-state index in [0.29, 0.717) is 12.3 Å². The minimum atomic E-state index is -4.64. The maximum atomic E-state index is 14.1. The van der Waals surface area contributed by atoms with Gasteiger partial charge in [0, 0.05) is 49.7 Å². The molecule has 54 heavy (non-hydrogen) atoms. The molecule has 18 heteroatoms. The lowest BCUT2D eigenvalue weighted by Gasteiger charge is -2.37. The van der Waals surface area contributed by atoms with E-state index in [-0.39, 0.29) is 58.7 Å². The Morgan fingerprint density at radius 1 is 1.04 bits per heavy atom. The zero-order valence-corrected chi connectivity index (χ0v) is 33.1. The number of likely N-dealkylation sites (N-methyl/N-ethyl adjacent to an activating group) is 2. The molecule has 300 valence electrons. The molecular weight excluding hydrogens is 750 g/mol. The molecule has 0 spiro atoms. The van der Waals surface area contributed by atoms with Crippen LogP contribution in [0.3, 0.4) is 0 Å². The Balaban J connectivity index is 1.50. The summed E-state index contributed by atoms with van der Waals surface area (Å²) < 4.78 is 45.2. The molecule has 6 atom stereocenters. The van der Waals surface area contributed by atoms with Crippen molar-refractivity contribution < 1.29 is 47.0 Å². The van der Waals surface area contributed by atoms with Crippen molar-refractivity contribution in [2.45, 2.75) is 122 Å². The first-order valence-electron chi connectivity index (χ1n) is 18.3. The number of nitrogens with zero attached hydrogens (tertiary/aromatic N) is 4. The summed E-state index contributed by atoms with van der Waals surface area (Å²) in [6.45, 7) is 7.36. The summed E-state index contributed by atoms with van der Waals surface area (Å²) >= 11 is 1.82. The molecule has 1 aliphatic carbocycles. The molecule has 3 heterocycles. The Bertz CT molecular complexity index is 1630. The highest BCUT2D eigenvalue weighted by Gasteiger charge is 2.38. The summed E-state index contributed by atoms with van der Waals surface area (Å²) in [4.78, 5) is 76.6. The Hall–Kier alpha value is -3.64. The average molecular weight is 801 g/mol. The van der Waals surface area contributed by atoms with Crippen molar-refractivity contribution in [2.24, 2.45) is 17.8 Å². The Kier molecular flexibility index (Phi) is 15.0. The number of nitrogens with one attached hydrogen (secondary N) is 2. The third-order valence-electron chi connectivity index (χ3n) is 10.0. The highest BCUT2D eigenvalue weighted by molar-refractivity contribution is 7.10. The van der Waals surface area contributed by atoms with Crippen LogP contribution >= 0.6 is 22.7 Å². The Morgan fingerprint density at radius 3 is 2.31 bits per heavy atom. The molecular formula is C36H51F3N6O7S2. The van der Waals surface area contributed by atoms with Crippen LogP contribution in [-0.2, 0) is 36.5 Å². The number of ether oxygens (including phenoxy) is 1. The maximum absolute atomic E-state index is 14.1. The van der Waals surface area contributed by atoms with Crippen molar-refractivity contribution in [2.75, 3.05) is 20.6 Å². The summed E-state index contributed by atoms with van der Waals surface area (Å²) in [7, 11) is 3.59. The number of amides is 3. The molecule has 2 fully saturated rings. The minimum absolute atomic E-state index is 0.0549. The Labute approximate surface area is 321 Å². The molecule has 1 saturated carbocycles. The fourth-order valence-electron chi connectivity index (χ4n) is 6.75. The van der Waals surface area contributed by atoms with E-state index in [1.165, 1.54) is 19.2 Å². The molecule has 0 bridgehead atoms. The second-order valence-electron chi connectivity index (χ2n) is 14.9. The predicted octanol–water partition coefficient (Wildman–Crippen LogP) is 5.32. The van der Waals surface area contributed by atoms with Crippen molar-refractivity contribution in [1.29, 1.82) is 0 Å². The van der Waals surface area contributed by atoms with E-state index in [0.717, 1.165) is 66.7 Å². The van der Waals surface area contributed by atoms with Crippen molar-refractivity contribution in [3.8, 4) is 0 Å². The summed E-state index contributed by atoms with van der Waals surface area (Å²) in [5.74, 6) is -3.49. The smallest absolute Gasteiger partial charge is 0.434 e. The van der Waals surface area contributed by atoms with Crippen LogP contribution in [-0.4, -0.2) is 99.3 Å². The molecule has 2 aromatic heterocycles. The Morgan fingerprint density at radius 2 is 1.74 bits per heavy atom. The number of esters is 1. The normalized spacial score (nSPS) is 19.3. The zero-order valence-electron chi connectivity index (χ0n) is 31.5. The lowest BCUT2D eigenvalue weighted by atomic mass is 9.95. The molecule has 0 unspecified atom stereocenters. The molecule has 0 radical (unpaired) electrons. The third-order valence-corrected chi connectivity index (χ3v) is 11.8.